The van der Waals surface area contributed by atoms with E-state index >= 15 is 0 Å². The zero-order valence-electron chi connectivity index (χ0n) is 18.7. The summed E-state index contributed by atoms with van der Waals surface area (Å²) in [4.78, 5) is 12.4. The summed E-state index contributed by atoms with van der Waals surface area (Å²) in [6, 6.07) is 21.2. The molecular weight excluding hydrogens is 406 g/mol. The van der Waals surface area contributed by atoms with Gasteiger partial charge in [0.1, 0.15) is 18.1 Å². The molecule has 0 heterocycles. The van der Waals surface area contributed by atoms with Crippen molar-refractivity contribution in [1.82, 2.24) is 5.32 Å². The Bertz CT molecular complexity index is 1020. The second kappa shape index (κ2) is 11.6. The van der Waals surface area contributed by atoms with Crippen LogP contribution >= 0.6 is 0 Å². The van der Waals surface area contributed by atoms with Crippen LogP contribution in [0, 0.1) is 0 Å². The molecule has 0 spiro atoms. The Morgan fingerprint density at radius 2 is 1.50 bits per heavy atom. The van der Waals surface area contributed by atoms with Gasteiger partial charge in [-0.05, 0) is 53.4 Å². The Labute approximate surface area is 189 Å². The van der Waals surface area contributed by atoms with E-state index in [-0.39, 0.29) is 12.3 Å². The number of carbonyl (C=O) groups is 1. The number of hydrogen-bond donors (Lipinski definition) is 1. The minimum absolute atomic E-state index is 0.0623. The average Bonchev–Trinajstić information content (AvgIpc) is 2.83. The van der Waals surface area contributed by atoms with Crippen molar-refractivity contribution < 1.29 is 23.7 Å². The number of nitrogens with one attached hydrogen (secondary N) is 1. The van der Waals surface area contributed by atoms with Crippen LogP contribution < -0.4 is 24.3 Å². The highest BCUT2D eigenvalue weighted by atomic mass is 16.5. The van der Waals surface area contributed by atoms with Gasteiger partial charge in [0.05, 0.1) is 27.8 Å². The third-order valence-corrected chi connectivity index (χ3v) is 5.03. The molecule has 3 aromatic rings. The minimum atomic E-state index is -0.0623. The molecule has 0 radical (unpaired) electrons. The van der Waals surface area contributed by atoms with Gasteiger partial charge >= 0.3 is 0 Å². The second-order valence-electron chi connectivity index (χ2n) is 7.21. The smallest absolute Gasteiger partial charge is 0.224 e. The summed E-state index contributed by atoms with van der Waals surface area (Å²) < 4.78 is 21.9. The molecule has 0 saturated heterocycles. The van der Waals surface area contributed by atoms with Gasteiger partial charge in [-0.1, -0.05) is 36.4 Å². The third kappa shape index (κ3) is 6.41. The van der Waals surface area contributed by atoms with Gasteiger partial charge in [0.25, 0.3) is 0 Å². The highest BCUT2D eigenvalue weighted by Gasteiger charge is 2.10. The average molecular weight is 436 g/mol. The van der Waals surface area contributed by atoms with E-state index < -0.39 is 0 Å². The van der Waals surface area contributed by atoms with Gasteiger partial charge in [-0.2, -0.15) is 0 Å². The fraction of sp³-hybridized carbons (Fsp3) is 0.269. The summed E-state index contributed by atoms with van der Waals surface area (Å²) in [5, 5.41) is 2.97. The molecule has 168 valence electrons. The predicted molar refractivity (Wildman–Crippen MR) is 124 cm³/mol. The summed E-state index contributed by atoms with van der Waals surface area (Å²) >= 11 is 0. The molecular formula is C26H29NO5. The molecule has 0 saturated carbocycles. The molecule has 3 aromatic carbocycles. The third-order valence-electron chi connectivity index (χ3n) is 5.03. The van der Waals surface area contributed by atoms with Crippen LogP contribution in [-0.4, -0.2) is 33.8 Å². The molecule has 1 N–H and O–H groups in total. The molecule has 0 aliphatic heterocycles. The Morgan fingerprint density at radius 3 is 2.22 bits per heavy atom. The Morgan fingerprint density at radius 1 is 0.781 bits per heavy atom. The van der Waals surface area contributed by atoms with Crippen LogP contribution in [0.3, 0.4) is 0 Å². The van der Waals surface area contributed by atoms with Gasteiger partial charge in [-0.15, -0.1) is 0 Å². The Balaban J connectivity index is 1.54. The van der Waals surface area contributed by atoms with Crippen LogP contribution in [0.1, 0.15) is 16.7 Å². The molecule has 1 amide bonds. The number of amides is 1. The summed E-state index contributed by atoms with van der Waals surface area (Å²) in [5.74, 6) is 2.72. The van der Waals surface area contributed by atoms with Crippen molar-refractivity contribution in [2.24, 2.45) is 0 Å². The Kier molecular flexibility index (Phi) is 8.37. The summed E-state index contributed by atoms with van der Waals surface area (Å²) in [6.07, 6.45) is 0.890. The van der Waals surface area contributed by atoms with Gasteiger partial charge in [-0.25, -0.2) is 0 Å². The first-order chi connectivity index (χ1) is 15.6. The highest BCUT2D eigenvalue weighted by Crippen LogP contribution is 2.28. The molecule has 3 rings (SSSR count). The molecule has 0 aliphatic carbocycles. The number of carbonyl (C=O) groups excluding carboxylic acids is 1. The van der Waals surface area contributed by atoms with Crippen LogP contribution in [-0.2, 0) is 24.2 Å². The van der Waals surface area contributed by atoms with Gasteiger partial charge in [-0.3, -0.25) is 4.79 Å². The van der Waals surface area contributed by atoms with E-state index in [2.05, 4.69) is 5.32 Å². The SMILES string of the molecule is COc1ccc(OCc2ccccc2)cc1CCNC(=O)Cc1ccc(OC)c(OC)c1. The quantitative estimate of drug-likeness (QED) is 0.489. The maximum Gasteiger partial charge on any atom is 0.224 e. The van der Waals surface area contributed by atoms with Crippen LogP contribution in [0.15, 0.2) is 66.7 Å². The van der Waals surface area contributed by atoms with Gasteiger partial charge in [0.15, 0.2) is 11.5 Å². The van der Waals surface area contributed by atoms with Gasteiger partial charge < -0.3 is 24.3 Å². The first-order valence-electron chi connectivity index (χ1n) is 10.4. The molecule has 0 bridgehead atoms. The van der Waals surface area contributed by atoms with Crippen LogP contribution in [0.25, 0.3) is 0 Å². The van der Waals surface area contributed by atoms with Crippen LogP contribution in [0.2, 0.25) is 0 Å². The number of ether oxygens (including phenoxy) is 4. The van der Waals surface area contributed by atoms with Crippen molar-refractivity contribution in [2.75, 3.05) is 27.9 Å². The van der Waals surface area contributed by atoms with Crippen molar-refractivity contribution in [3.05, 3.63) is 83.4 Å². The van der Waals surface area contributed by atoms with Crippen LogP contribution in [0.5, 0.6) is 23.0 Å². The van der Waals surface area contributed by atoms with Gasteiger partial charge in [0, 0.05) is 6.54 Å². The Hall–Kier alpha value is -3.67. The predicted octanol–water partition coefficient (Wildman–Crippen LogP) is 4.19. The first-order valence-corrected chi connectivity index (χ1v) is 10.4. The van der Waals surface area contributed by atoms with E-state index in [4.69, 9.17) is 18.9 Å². The number of hydrogen-bond acceptors (Lipinski definition) is 5. The largest absolute Gasteiger partial charge is 0.496 e. The maximum atomic E-state index is 12.4. The zero-order valence-corrected chi connectivity index (χ0v) is 18.7. The van der Waals surface area contributed by atoms with Crippen molar-refractivity contribution in [3.8, 4) is 23.0 Å². The summed E-state index contributed by atoms with van der Waals surface area (Å²) in [6.45, 7) is 0.985. The van der Waals surface area contributed by atoms with E-state index in [1.165, 1.54) is 0 Å². The number of benzene rings is 3. The van der Waals surface area contributed by atoms with E-state index in [1.807, 2.05) is 60.7 Å². The van der Waals surface area contributed by atoms with Crippen molar-refractivity contribution in [1.29, 1.82) is 0 Å². The molecule has 0 fully saturated rings. The number of rotatable bonds is 11. The second-order valence-corrected chi connectivity index (χ2v) is 7.21. The zero-order chi connectivity index (χ0) is 22.8. The molecule has 0 aromatic heterocycles. The highest BCUT2D eigenvalue weighted by molar-refractivity contribution is 5.78. The molecule has 32 heavy (non-hydrogen) atoms. The molecule has 0 aliphatic rings. The monoisotopic (exact) mass is 435 g/mol. The fourth-order valence-corrected chi connectivity index (χ4v) is 3.36. The molecule has 6 heteroatoms. The van der Waals surface area contributed by atoms with E-state index in [9.17, 15) is 4.79 Å². The molecule has 6 nitrogen and oxygen atoms in total. The normalized spacial score (nSPS) is 10.3. The van der Waals surface area contributed by atoms with Crippen LogP contribution in [0.4, 0.5) is 0 Å². The molecule has 0 unspecified atom stereocenters. The van der Waals surface area contributed by atoms with E-state index in [1.54, 1.807) is 27.4 Å². The van der Waals surface area contributed by atoms with Crippen molar-refractivity contribution >= 4 is 5.91 Å². The van der Waals surface area contributed by atoms with Crippen molar-refractivity contribution in [2.45, 2.75) is 19.4 Å². The topological polar surface area (TPSA) is 66.0 Å². The number of methoxy groups -OCH3 is 3. The summed E-state index contributed by atoms with van der Waals surface area (Å²) in [5.41, 5.74) is 2.94. The van der Waals surface area contributed by atoms with E-state index in [0.29, 0.717) is 31.1 Å². The first kappa shape index (κ1) is 23.0. The lowest BCUT2D eigenvalue weighted by molar-refractivity contribution is -0.120. The van der Waals surface area contributed by atoms with Gasteiger partial charge in [0.2, 0.25) is 5.91 Å². The maximum absolute atomic E-state index is 12.4. The lowest BCUT2D eigenvalue weighted by atomic mass is 10.1. The standard InChI is InChI=1S/C26H29NO5/c1-29-23-12-10-22(32-18-19-7-5-4-6-8-19)17-21(23)13-14-27-26(28)16-20-9-11-24(30-2)25(15-20)31-3/h4-12,15,17H,13-14,16,18H2,1-3H3,(H,27,28). The molecule has 0 atom stereocenters. The lowest BCUT2D eigenvalue weighted by Gasteiger charge is -2.13. The fourth-order valence-electron chi connectivity index (χ4n) is 3.36. The lowest BCUT2D eigenvalue weighted by Crippen LogP contribution is -2.27. The summed E-state index contributed by atoms with van der Waals surface area (Å²) in [7, 11) is 4.80. The minimum Gasteiger partial charge on any atom is -0.496 e. The van der Waals surface area contributed by atoms with E-state index in [0.717, 1.165) is 28.2 Å². The van der Waals surface area contributed by atoms with Crippen molar-refractivity contribution in [3.63, 3.8) is 0 Å².